The number of allylic oxidation sites excluding steroid dienone is 3. The Morgan fingerprint density at radius 3 is 2.33 bits per heavy atom. The first kappa shape index (κ1) is 25.3. The normalized spacial score (nSPS) is 24.6. The fraction of sp³-hybridized carbons (Fsp3) is 0.800. The second-order valence-corrected chi connectivity index (χ2v) is 14.4. The highest BCUT2D eigenvalue weighted by atomic mass is 28.4. The van der Waals surface area contributed by atoms with E-state index in [1.807, 2.05) is 0 Å². The molecule has 4 nitrogen and oxygen atoms in total. The lowest BCUT2D eigenvalue weighted by Crippen LogP contribution is -2.54. The average molecular weight is 436 g/mol. The zero-order chi connectivity index (χ0) is 22.0. The van der Waals surface area contributed by atoms with Gasteiger partial charge in [-0.1, -0.05) is 84.1 Å². The molecule has 0 saturated heterocycles. The molecular formula is C25H45NO3Si. The van der Waals surface area contributed by atoms with E-state index in [2.05, 4.69) is 57.3 Å². The summed E-state index contributed by atoms with van der Waals surface area (Å²) >= 11 is 0. The van der Waals surface area contributed by atoms with Crippen LogP contribution in [0.2, 0.25) is 18.1 Å². The second kappa shape index (κ2) is 12.2. The Balaban J connectivity index is 2.22. The van der Waals surface area contributed by atoms with Gasteiger partial charge in [-0.25, -0.2) is 4.79 Å². The molecule has 2 aliphatic carbocycles. The van der Waals surface area contributed by atoms with E-state index in [0.29, 0.717) is 5.92 Å². The molecule has 0 aromatic rings. The van der Waals surface area contributed by atoms with Crippen LogP contribution in [-0.2, 0) is 14.0 Å². The molecule has 0 aromatic carbocycles. The molecule has 1 fully saturated rings. The van der Waals surface area contributed by atoms with Gasteiger partial charge in [-0.2, -0.15) is 0 Å². The van der Waals surface area contributed by atoms with E-state index in [0.717, 1.165) is 37.5 Å². The first-order valence-electron chi connectivity index (χ1n) is 12.2. The smallest absolute Gasteiger partial charge is 0.335 e. The highest BCUT2D eigenvalue weighted by molar-refractivity contribution is 6.73. The number of methoxy groups -OCH3 is 1. The fourth-order valence-electron chi connectivity index (χ4n) is 5.04. The molecule has 0 aromatic heterocycles. The van der Waals surface area contributed by atoms with E-state index in [4.69, 9.17) is 9.16 Å². The molecule has 1 saturated carbocycles. The Kier molecular flexibility index (Phi) is 10.3. The Morgan fingerprint density at radius 2 is 1.80 bits per heavy atom. The molecule has 0 aliphatic heterocycles. The molecule has 0 spiro atoms. The van der Waals surface area contributed by atoms with Crippen molar-refractivity contribution in [3.8, 4) is 0 Å². The minimum absolute atomic E-state index is 0.00760. The zero-order valence-corrected chi connectivity index (χ0v) is 21.0. The quantitative estimate of drug-likeness (QED) is 0.302. The van der Waals surface area contributed by atoms with Crippen LogP contribution in [0.1, 0.15) is 72.6 Å². The third-order valence-electron chi connectivity index (χ3n) is 7.52. The highest BCUT2D eigenvalue weighted by Crippen LogP contribution is 2.32. The van der Waals surface area contributed by atoms with Gasteiger partial charge in [-0.3, -0.25) is 0 Å². The number of esters is 1. The molecular weight excluding hydrogens is 390 g/mol. The van der Waals surface area contributed by atoms with Crippen LogP contribution in [0.4, 0.5) is 0 Å². The van der Waals surface area contributed by atoms with Crippen molar-refractivity contribution in [1.82, 2.24) is 5.32 Å². The van der Waals surface area contributed by atoms with E-state index in [1.54, 1.807) is 0 Å². The van der Waals surface area contributed by atoms with Gasteiger partial charge in [-0.05, 0) is 36.9 Å². The van der Waals surface area contributed by atoms with Crippen molar-refractivity contribution in [2.75, 3.05) is 13.7 Å². The SMILES string of the molecule is CC[Si](CC)(CC)O[C@@H](C(=O)OC)[C@H](CC1CCCCC1)NC[C@]1(C)C=CC=CC1. The van der Waals surface area contributed by atoms with Gasteiger partial charge in [-0.15, -0.1) is 0 Å². The van der Waals surface area contributed by atoms with Crippen LogP contribution in [0.25, 0.3) is 0 Å². The van der Waals surface area contributed by atoms with Gasteiger partial charge >= 0.3 is 5.97 Å². The van der Waals surface area contributed by atoms with Crippen molar-refractivity contribution in [2.24, 2.45) is 11.3 Å². The molecule has 172 valence electrons. The van der Waals surface area contributed by atoms with Crippen LogP contribution in [0.5, 0.6) is 0 Å². The van der Waals surface area contributed by atoms with Crippen molar-refractivity contribution in [2.45, 2.75) is 103 Å². The van der Waals surface area contributed by atoms with E-state index in [9.17, 15) is 4.79 Å². The maximum Gasteiger partial charge on any atom is 0.335 e. The largest absolute Gasteiger partial charge is 0.467 e. The monoisotopic (exact) mass is 435 g/mol. The summed E-state index contributed by atoms with van der Waals surface area (Å²) in [5.41, 5.74) is 0.0784. The third kappa shape index (κ3) is 7.06. The summed E-state index contributed by atoms with van der Waals surface area (Å²) in [6.07, 6.45) is 16.8. The number of ether oxygens (including phenoxy) is 1. The zero-order valence-electron chi connectivity index (χ0n) is 20.0. The summed E-state index contributed by atoms with van der Waals surface area (Å²) in [5.74, 6) is 0.460. The Labute approximate surface area is 186 Å². The molecule has 0 amide bonds. The Morgan fingerprint density at radius 1 is 1.13 bits per heavy atom. The molecule has 1 N–H and O–H groups in total. The molecule has 0 bridgehead atoms. The van der Waals surface area contributed by atoms with Crippen LogP contribution in [-0.4, -0.2) is 40.1 Å². The minimum Gasteiger partial charge on any atom is -0.467 e. The number of carbonyl (C=O) groups is 1. The van der Waals surface area contributed by atoms with Crippen molar-refractivity contribution in [3.63, 3.8) is 0 Å². The number of hydrogen-bond donors (Lipinski definition) is 1. The number of carbonyl (C=O) groups excluding carboxylic acids is 1. The molecule has 0 radical (unpaired) electrons. The van der Waals surface area contributed by atoms with Crippen molar-refractivity contribution >= 4 is 14.3 Å². The van der Waals surface area contributed by atoms with Gasteiger partial charge in [0.15, 0.2) is 14.4 Å². The fourth-order valence-corrected chi connectivity index (χ4v) is 7.84. The van der Waals surface area contributed by atoms with Crippen molar-refractivity contribution in [3.05, 3.63) is 24.3 Å². The minimum atomic E-state index is -1.94. The van der Waals surface area contributed by atoms with Gasteiger partial charge in [0.05, 0.1) is 7.11 Å². The lowest BCUT2D eigenvalue weighted by atomic mass is 9.81. The van der Waals surface area contributed by atoms with Crippen LogP contribution < -0.4 is 5.32 Å². The molecule has 2 aliphatic rings. The topological polar surface area (TPSA) is 47.6 Å². The molecule has 5 heteroatoms. The summed E-state index contributed by atoms with van der Waals surface area (Å²) in [7, 11) is -0.442. The van der Waals surface area contributed by atoms with E-state index in [1.165, 1.54) is 39.2 Å². The summed E-state index contributed by atoms with van der Waals surface area (Å²) in [4.78, 5) is 13.0. The number of rotatable bonds is 12. The van der Waals surface area contributed by atoms with Crippen molar-refractivity contribution < 1.29 is 14.0 Å². The molecule has 2 rings (SSSR count). The van der Waals surface area contributed by atoms with Gasteiger partial charge in [0.25, 0.3) is 0 Å². The average Bonchev–Trinajstić information content (AvgIpc) is 2.79. The van der Waals surface area contributed by atoms with Crippen LogP contribution in [0.15, 0.2) is 24.3 Å². The Bertz CT molecular complexity index is 573. The van der Waals surface area contributed by atoms with Gasteiger partial charge in [0.1, 0.15) is 0 Å². The van der Waals surface area contributed by atoms with Gasteiger partial charge in [0, 0.05) is 18.0 Å². The predicted octanol–water partition coefficient (Wildman–Crippen LogP) is 6.00. The molecule has 0 unspecified atom stereocenters. The summed E-state index contributed by atoms with van der Waals surface area (Å²) < 4.78 is 12.1. The standard InChI is InChI=1S/C25H45NO3Si/c1-6-30(7-2,8-3)29-23(24(27)28-5)22(19-21-15-11-9-12-16-21)26-20-25(4)17-13-10-14-18-25/h10,13-14,17,21-23,26H,6-9,11-12,15-16,18-20H2,1-5H3/t22-,23+,25+/m0/s1. The lowest BCUT2D eigenvalue weighted by molar-refractivity contribution is -0.151. The molecule has 30 heavy (non-hydrogen) atoms. The Hall–Kier alpha value is -0.913. The predicted molar refractivity (Wildman–Crippen MR) is 128 cm³/mol. The first-order valence-corrected chi connectivity index (χ1v) is 14.8. The van der Waals surface area contributed by atoms with Crippen LogP contribution in [0, 0.1) is 11.3 Å². The van der Waals surface area contributed by atoms with E-state index < -0.39 is 14.4 Å². The lowest BCUT2D eigenvalue weighted by Gasteiger charge is -2.39. The molecule has 3 atom stereocenters. The van der Waals surface area contributed by atoms with E-state index in [-0.39, 0.29) is 17.4 Å². The van der Waals surface area contributed by atoms with E-state index >= 15 is 0 Å². The first-order chi connectivity index (χ1) is 14.4. The van der Waals surface area contributed by atoms with Crippen LogP contribution >= 0.6 is 0 Å². The van der Waals surface area contributed by atoms with Crippen LogP contribution in [0.3, 0.4) is 0 Å². The summed E-state index contributed by atoms with van der Waals surface area (Å²) in [6, 6.07) is 3.12. The third-order valence-corrected chi connectivity index (χ3v) is 12.1. The number of hydrogen-bond acceptors (Lipinski definition) is 4. The number of nitrogens with one attached hydrogen (secondary N) is 1. The van der Waals surface area contributed by atoms with Gasteiger partial charge < -0.3 is 14.5 Å². The maximum absolute atomic E-state index is 13.0. The summed E-state index contributed by atoms with van der Waals surface area (Å²) in [6.45, 7) is 9.79. The summed E-state index contributed by atoms with van der Waals surface area (Å²) in [5, 5.41) is 3.80. The highest BCUT2D eigenvalue weighted by Gasteiger charge is 2.40. The maximum atomic E-state index is 13.0. The molecule has 0 heterocycles. The van der Waals surface area contributed by atoms with Gasteiger partial charge in [0.2, 0.25) is 0 Å². The second-order valence-electron chi connectivity index (χ2n) is 9.68. The van der Waals surface area contributed by atoms with Crippen molar-refractivity contribution in [1.29, 1.82) is 0 Å².